The Morgan fingerprint density at radius 2 is 1.83 bits per heavy atom. The molecule has 0 aliphatic carbocycles. The van der Waals surface area contributed by atoms with Gasteiger partial charge in [0.15, 0.2) is 0 Å². The first kappa shape index (κ1) is 17.8. The number of halogens is 1. The maximum atomic E-state index is 12.5. The van der Waals surface area contributed by atoms with Gasteiger partial charge in [0.1, 0.15) is 5.75 Å². The first-order chi connectivity index (χ1) is 10.8. The Bertz CT molecular complexity index is 773. The lowest BCUT2D eigenvalue weighted by atomic mass is 10.1. The Kier molecular flexibility index (Phi) is 5.68. The van der Waals surface area contributed by atoms with Gasteiger partial charge in [-0.05, 0) is 62.2 Å². The molecule has 0 aliphatic rings. The topological polar surface area (TPSA) is 55.4 Å². The molecular formula is C17H20ClNO3S. The lowest BCUT2D eigenvalue weighted by Gasteiger charge is -2.16. The van der Waals surface area contributed by atoms with E-state index in [2.05, 4.69) is 4.72 Å². The summed E-state index contributed by atoms with van der Waals surface area (Å²) in [4.78, 5) is 0.222. The highest BCUT2D eigenvalue weighted by atomic mass is 35.5. The van der Waals surface area contributed by atoms with E-state index in [4.69, 9.17) is 16.3 Å². The van der Waals surface area contributed by atoms with E-state index in [1.54, 1.807) is 49.4 Å². The molecule has 0 radical (unpaired) electrons. The maximum Gasteiger partial charge on any atom is 0.241 e. The van der Waals surface area contributed by atoms with Gasteiger partial charge in [-0.15, -0.1) is 0 Å². The van der Waals surface area contributed by atoms with Crippen molar-refractivity contribution in [1.82, 2.24) is 4.72 Å². The molecule has 0 bridgehead atoms. The molecule has 0 aromatic heterocycles. The number of benzene rings is 2. The summed E-state index contributed by atoms with van der Waals surface area (Å²) in [6.45, 7) is 6.05. The molecule has 0 heterocycles. The molecule has 124 valence electrons. The molecule has 6 heteroatoms. The zero-order valence-electron chi connectivity index (χ0n) is 13.3. The third-order valence-corrected chi connectivity index (χ3v) is 5.25. The number of rotatable bonds is 6. The smallest absolute Gasteiger partial charge is 0.241 e. The van der Waals surface area contributed by atoms with Crippen molar-refractivity contribution in [3.05, 3.63) is 58.6 Å². The summed E-state index contributed by atoms with van der Waals surface area (Å²) in [6.07, 6.45) is 0. The molecule has 0 unspecified atom stereocenters. The van der Waals surface area contributed by atoms with E-state index < -0.39 is 10.0 Å². The molecule has 4 nitrogen and oxygen atoms in total. The molecule has 2 rings (SSSR count). The first-order valence-electron chi connectivity index (χ1n) is 7.34. The highest BCUT2D eigenvalue weighted by Crippen LogP contribution is 2.23. The van der Waals surface area contributed by atoms with Crippen molar-refractivity contribution in [3.8, 4) is 5.75 Å². The number of hydrogen-bond donors (Lipinski definition) is 1. The fourth-order valence-electron chi connectivity index (χ4n) is 2.23. The Morgan fingerprint density at radius 3 is 2.39 bits per heavy atom. The third-order valence-electron chi connectivity index (χ3n) is 3.46. The average molecular weight is 354 g/mol. The molecule has 0 aliphatic heterocycles. The molecule has 2 aromatic carbocycles. The van der Waals surface area contributed by atoms with Crippen molar-refractivity contribution in [2.45, 2.75) is 31.7 Å². The summed E-state index contributed by atoms with van der Waals surface area (Å²) in [5, 5.41) is 0.617. The van der Waals surface area contributed by atoms with Gasteiger partial charge in [-0.2, -0.15) is 0 Å². The van der Waals surface area contributed by atoms with Crippen LogP contribution in [-0.4, -0.2) is 15.0 Å². The van der Waals surface area contributed by atoms with Gasteiger partial charge >= 0.3 is 0 Å². The fraction of sp³-hybridized carbons (Fsp3) is 0.294. The van der Waals surface area contributed by atoms with Gasteiger partial charge in [0.05, 0.1) is 11.5 Å². The molecule has 23 heavy (non-hydrogen) atoms. The van der Waals surface area contributed by atoms with Crippen LogP contribution in [0.25, 0.3) is 0 Å². The maximum absolute atomic E-state index is 12.5. The minimum atomic E-state index is -3.61. The Hall–Kier alpha value is -1.56. The number of sulfonamides is 1. The molecular weight excluding hydrogens is 334 g/mol. The average Bonchev–Trinajstić information content (AvgIpc) is 2.49. The Balaban J connectivity index is 2.21. The van der Waals surface area contributed by atoms with E-state index in [9.17, 15) is 8.42 Å². The highest BCUT2D eigenvalue weighted by molar-refractivity contribution is 7.89. The fourth-order valence-corrected chi connectivity index (χ4v) is 3.67. The van der Waals surface area contributed by atoms with Crippen molar-refractivity contribution in [3.63, 3.8) is 0 Å². The summed E-state index contributed by atoms with van der Waals surface area (Å²) >= 11 is 5.85. The van der Waals surface area contributed by atoms with Crippen LogP contribution >= 0.6 is 11.6 Å². The summed E-state index contributed by atoms with van der Waals surface area (Å²) < 4.78 is 33.2. The van der Waals surface area contributed by atoms with Crippen molar-refractivity contribution >= 4 is 21.6 Å². The third kappa shape index (κ3) is 4.47. The molecule has 0 saturated carbocycles. The highest BCUT2D eigenvalue weighted by Gasteiger charge is 2.19. The van der Waals surface area contributed by atoms with Crippen molar-refractivity contribution < 1.29 is 13.2 Å². The molecule has 0 spiro atoms. The second-order valence-electron chi connectivity index (χ2n) is 5.25. The molecule has 0 saturated heterocycles. The number of nitrogens with one attached hydrogen (secondary N) is 1. The number of aryl methyl sites for hydroxylation is 1. The zero-order valence-corrected chi connectivity index (χ0v) is 14.9. The van der Waals surface area contributed by atoms with Gasteiger partial charge in [0.25, 0.3) is 0 Å². The quantitative estimate of drug-likeness (QED) is 0.851. The minimum Gasteiger partial charge on any atom is -0.494 e. The number of hydrogen-bond acceptors (Lipinski definition) is 3. The molecule has 1 N–H and O–H groups in total. The number of ether oxygens (including phenoxy) is 1. The van der Waals surface area contributed by atoms with Crippen LogP contribution < -0.4 is 9.46 Å². The lowest BCUT2D eigenvalue weighted by Crippen LogP contribution is -2.27. The van der Waals surface area contributed by atoms with Gasteiger partial charge in [0.2, 0.25) is 10.0 Å². The summed E-state index contributed by atoms with van der Waals surface area (Å²) in [7, 11) is -3.61. The molecule has 0 fully saturated rings. The largest absolute Gasteiger partial charge is 0.494 e. The zero-order chi connectivity index (χ0) is 17.0. The summed E-state index contributed by atoms with van der Waals surface area (Å²) in [5.74, 6) is 0.692. The molecule has 2 aromatic rings. The van der Waals surface area contributed by atoms with E-state index in [0.29, 0.717) is 17.4 Å². The second kappa shape index (κ2) is 7.34. The minimum absolute atomic E-state index is 0.222. The normalized spacial score (nSPS) is 12.9. The van der Waals surface area contributed by atoms with Crippen LogP contribution in [0.4, 0.5) is 0 Å². The van der Waals surface area contributed by atoms with Gasteiger partial charge in [-0.3, -0.25) is 0 Å². The van der Waals surface area contributed by atoms with Crippen molar-refractivity contribution in [2.75, 3.05) is 6.61 Å². The van der Waals surface area contributed by atoms with Crippen molar-refractivity contribution in [2.24, 2.45) is 0 Å². The van der Waals surface area contributed by atoms with Crippen LogP contribution in [0.3, 0.4) is 0 Å². The van der Waals surface area contributed by atoms with E-state index in [1.807, 2.05) is 13.8 Å². The van der Waals surface area contributed by atoms with Crippen LogP contribution in [0.15, 0.2) is 47.4 Å². The van der Waals surface area contributed by atoms with Crippen LogP contribution in [-0.2, 0) is 10.0 Å². The summed E-state index contributed by atoms with van der Waals surface area (Å²) in [5.41, 5.74) is 1.63. The van der Waals surface area contributed by atoms with E-state index >= 15 is 0 Å². The van der Waals surface area contributed by atoms with Crippen molar-refractivity contribution in [1.29, 1.82) is 0 Å². The predicted molar refractivity (Wildman–Crippen MR) is 92.5 cm³/mol. The predicted octanol–water partition coefficient (Wildman–Crippen LogP) is 4.09. The standard InChI is InChI=1S/C17H20ClNO3S/c1-4-22-17-10-9-16(11-12(17)2)23(20,21)19-13(3)14-5-7-15(18)8-6-14/h5-11,13,19H,4H2,1-3H3/t13-/m0/s1. The molecule has 0 amide bonds. The van der Waals surface area contributed by atoms with Crippen LogP contribution in [0.5, 0.6) is 5.75 Å². The summed E-state index contributed by atoms with van der Waals surface area (Å²) in [6, 6.07) is 11.6. The van der Waals surface area contributed by atoms with Gasteiger partial charge < -0.3 is 4.74 Å². The Morgan fingerprint density at radius 1 is 1.17 bits per heavy atom. The van der Waals surface area contributed by atoms with Gasteiger partial charge in [-0.25, -0.2) is 13.1 Å². The monoisotopic (exact) mass is 353 g/mol. The Labute approximate surface area is 142 Å². The van der Waals surface area contributed by atoms with Gasteiger partial charge in [0, 0.05) is 11.1 Å². The SMILES string of the molecule is CCOc1ccc(S(=O)(=O)N[C@@H](C)c2ccc(Cl)cc2)cc1C. The van der Waals surface area contributed by atoms with E-state index in [-0.39, 0.29) is 10.9 Å². The van der Waals surface area contributed by atoms with Crippen LogP contribution in [0, 0.1) is 6.92 Å². The van der Waals surface area contributed by atoms with Crippen LogP contribution in [0.1, 0.15) is 31.0 Å². The van der Waals surface area contributed by atoms with Crippen LogP contribution in [0.2, 0.25) is 5.02 Å². The van der Waals surface area contributed by atoms with Gasteiger partial charge in [-0.1, -0.05) is 23.7 Å². The van der Waals surface area contributed by atoms with E-state index in [0.717, 1.165) is 11.1 Å². The first-order valence-corrected chi connectivity index (χ1v) is 9.21. The van der Waals surface area contributed by atoms with E-state index in [1.165, 1.54) is 0 Å². The molecule has 1 atom stereocenters. The second-order valence-corrected chi connectivity index (χ2v) is 7.41. The lowest BCUT2D eigenvalue weighted by molar-refractivity contribution is 0.337.